The van der Waals surface area contributed by atoms with E-state index < -0.39 is 0 Å². The van der Waals surface area contributed by atoms with Crippen molar-refractivity contribution in [1.82, 2.24) is 0 Å². The van der Waals surface area contributed by atoms with E-state index in [1.165, 1.54) is 0 Å². The lowest BCUT2D eigenvalue weighted by molar-refractivity contribution is 0.502. The van der Waals surface area contributed by atoms with Gasteiger partial charge in [-0.3, -0.25) is 0 Å². The number of hydrogen-bond acceptors (Lipinski definition) is 3. The van der Waals surface area contributed by atoms with Gasteiger partial charge in [-0.1, -0.05) is 0 Å². The van der Waals surface area contributed by atoms with Crippen molar-refractivity contribution >= 4 is 0 Å². The van der Waals surface area contributed by atoms with E-state index in [4.69, 9.17) is 17.2 Å². The third-order valence-electron chi connectivity index (χ3n) is 1.77. The number of hydrogen-bond donors (Lipinski definition) is 3. The minimum absolute atomic E-state index is 0.277. The molecule has 0 aromatic heterocycles. The van der Waals surface area contributed by atoms with E-state index in [0.29, 0.717) is 6.04 Å². The predicted molar refractivity (Wildman–Crippen MR) is 49.1 cm³/mol. The first-order valence-corrected chi connectivity index (χ1v) is 4.38. The minimum Gasteiger partial charge on any atom is -0.330 e. The van der Waals surface area contributed by atoms with Crippen LogP contribution in [0.1, 0.15) is 32.6 Å². The molecular weight excluding hydrogens is 138 g/mol. The molecule has 0 aliphatic heterocycles. The van der Waals surface area contributed by atoms with Crippen LogP contribution < -0.4 is 17.2 Å². The van der Waals surface area contributed by atoms with E-state index in [9.17, 15) is 0 Å². The van der Waals surface area contributed by atoms with Gasteiger partial charge in [-0.05, 0) is 39.2 Å². The molecule has 2 unspecified atom stereocenters. The van der Waals surface area contributed by atoms with Crippen LogP contribution in [0.25, 0.3) is 0 Å². The lowest BCUT2D eigenvalue weighted by Crippen LogP contribution is -2.25. The van der Waals surface area contributed by atoms with Gasteiger partial charge >= 0.3 is 0 Å². The summed E-state index contributed by atoms with van der Waals surface area (Å²) in [5.41, 5.74) is 16.7. The Morgan fingerprint density at radius 1 is 1.09 bits per heavy atom. The third kappa shape index (κ3) is 7.78. The van der Waals surface area contributed by atoms with E-state index in [1.54, 1.807) is 0 Å². The van der Waals surface area contributed by atoms with Gasteiger partial charge in [-0.25, -0.2) is 0 Å². The molecule has 0 heterocycles. The summed E-state index contributed by atoms with van der Waals surface area (Å²) in [6, 6.07) is 0.573. The highest BCUT2D eigenvalue weighted by Gasteiger charge is 2.02. The second kappa shape index (κ2) is 6.58. The summed E-state index contributed by atoms with van der Waals surface area (Å²) in [5, 5.41) is 0. The van der Waals surface area contributed by atoms with Crippen LogP contribution in [0, 0.1) is 0 Å². The molecule has 3 heteroatoms. The Labute approximate surface area is 69.3 Å². The molecule has 0 spiro atoms. The molecule has 0 aromatic rings. The van der Waals surface area contributed by atoms with Crippen molar-refractivity contribution in [3.05, 3.63) is 0 Å². The van der Waals surface area contributed by atoms with Gasteiger partial charge in [0, 0.05) is 12.1 Å². The molecule has 68 valence electrons. The summed E-state index contributed by atoms with van der Waals surface area (Å²) < 4.78 is 0. The van der Waals surface area contributed by atoms with Crippen LogP contribution in [0.15, 0.2) is 0 Å². The predicted octanol–water partition coefficient (Wildman–Crippen LogP) is 0.180. The molecule has 0 bridgehead atoms. The molecule has 0 radical (unpaired) electrons. The van der Waals surface area contributed by atoms with Gasteiger partial charge in [0.1, 0.15) is 0 Å². The van der Waals surface area contributed by atoms with Crippen molar-refractivity contribution in [2.75, 3.05) is 6.54 Å². The fourth-order valence-electron chi connectivity index (χ4n) is 1.00. The first-order valence-electron chi connectivity index (χ1n) is 4.38. The Hall–Kier alpha value is -0.120. The first-order chi connectivity index (χ1) is 5.16. The van der Waals surface area contributed by atoms with Crippen molar-refractivity contribution in [3.63, 3.8) is 0 Å². The van der Waals surface area contributed by atoms with Gasteiger partial charge in [0.2, 0.25) is 0 Å². The Kier molecular flexibility index (Phi) is 6.51. The summed E-state index contributed by atoms with van der Waals surface area (Å²) in [5.74, 6) is 0. The van der Waals surface area contributed by atoms with Gasteiger partial charge in [0.25, 0.3) is 0 Å². The molecule has 0 saturated carbocycles. The zero-order valence-electron chi connectivity index (χ0n) is 7.42. The Morgan fingerprint density at radius 3 is 2.18 bits per heavy atom. The lowest BCUT2D eigenvalue weighted by Gasteiger charge is -2.11. The Balaban J connectivity index is 3.15. The van der Waals surface area contributed by atoms with Crippen molar-refractivity contribution < 1.29 is 0 Å². The summed E-state index contributed by atoms with van der Waals surface area (Å²) in [6.45, 7) is 2.75. The topological polar surface area (TPSA) is 78.1 Å². The van der Waals surface area contributed by atoms with E-state index in [-0.39, 0.29) is 6.04 Å². The largest absolute Gasteiger partial charge is 0.330 e. The third-order valence-corrected chi connectivity index (χ3v) is 1.77. The summed E-state index contributed by atoms with van der Waals surface area (Å²) in [6.07, 6.45) is 4.10. The second-order valence-electron chi connectivity index (χ2n) is 3.25. The van der Waals surface area contributed by atoms with E-state index in [2.05, 4.69) is 0 Å². The molecule has 0 aliphatic rings. The molecule has 0 fully saturated rings. The smallest absolute Gasteiger partial charge is 0.00398 e. The van der Waals surface area contributed by atoms with Crippen molar-refractivity contribution in [2.24, 2.45) is 17.2 Å². The second-order valence-corrected chi connectivity index (χ2v) is 3.25. The number of nitrogens with two attached hydrogens (primary N) is 3. The van der Waals surface area contributed by atoms with Crippen LogP contribution in [0.4, 0.5) is 0 Å². The highest BCUT2D eigenvalue weighted by Crippen LogP contribution is 2.02. The van der Waals surface area contributed by atoms with Crippen molar-refractivity contribution in [1.29, 1.82) is 0 Å². The van der Waals surface area contributed by atoms with Gasteiger partial charge in [-0.15, -0.1) is 0 Å². The molecule has 3 nitrogen and oxygen atoms in total. The monoisotopic (exact) mass is 159 g/mol. The summed E-state index contributed by atoms with van der Waals surface area (Å²) in [7, 11) is 0. The average Bonchev–Trinajstić information content (AvgIpc) is 1.97. The summed E-state index contributed by atoms with van der Waals surface area (Å²) in [4.78, 5) is 0. The number of rotatable bonds is 6. The van der Waals surface area contributed by atoms with Gasteiger partial charge < -0.3 is 17.2 Å². The van der Waals surface area contributed by atoms with Gasteiger partial charge in [-0.2, -0.15) is 0 Å². The van der Waals surface area contributed by atoms with Gasteiger partial charge in [0.05, 0.1) is 0 Å². The van der Waals surface area contributed by atoms with Crippen LogP contribution >= 0.6 is 0 Å². The average molecular weight is 159 g/mol. The normalized spacial score (nSPS) is 16.4. The highest BCUT2D eigenvalue weighted by molar-refractivity contribution is 4.64. The fourth-order valence-corrected chi connectivity index (χ4v) is 1.00. The van der Waals surface area contributed by atoms with Crippen LogP contribution in [0.3, 0.4) is 0 Å². The zero-order chi connectivity index (χ0) is 8.69. The van der Waals surface area contributed by atoms with Crippen LogP contribution in [0.2, 0.25) is 0 Å². The quantitative estimate of drug-likeness (QED) is 0.517. The highest BCUT2D eigenvalue weighted by atomic mass is 14.6. The maximum atomic E-state index is 5.80. The molecule has 2 atom stereocenters. The molecule has 0 rings (SSSR count). The standard InChI is InChI=1S/C8H21N3/c1-7(10)4-5-8(11)3-2-6-9/h7-8H,2-6,9-11H2,1H3. The minimum atomic E-state index is 0.277. The molecule has 0 saturated heterocycles. The van der Waals surface area contributed by atoms with Crippen molar-refractivity contribution in [3.8, 4) is 0 Å². The van der Waals surface area contributed by atoms with Crippen molar-refractivity contribution in [2.45, 2.75) is 44.7 Å². The summed E-state index contributed by atoms with van der Waals surface area (Å²) >= 11 is 0. The van der Waals surface area contributed by atoms with Crippen LogP contribution in [-0.4, -0.2) is 18.6 Å². The SMILES string of the molecule is CC(N)CCC(N)CCCN. The van der Waals surface area contributed by atoms with E-state index in [0.717, 1.165) is 32.2 Å². The van der Waals surface area contributed by atoms with E-state index >= 15 is 0 Å². The molecule has 0 aliphatic carbocycles. The maximum absolute atomic E-state index is 5.80. The molecule has 11 heavy (non-hydrogen) atoms. The van der Waals surface area contributed by atoms with Crippen LogP contribution in [0.5, 0.6) is 0 Å². The Bertz CT molecular complexity index is 83.4. The molecular formula is C8H21N3. The van der Waals surface area contributed by atoms with E-state index in [1.807, 2.05) is 6.92 Å². The fraction of sp³-hybridized carbons (Fsp3) is 1.00. The van der Waals surface area contributed by atoms with Gasteiger partial charge in [0.15, 0.2) is 0 Å². The van der Waals surface area contributed by atoms with Crippen LogP contribution in [-0.2, 0) is 0 Å². The molecule has 0 aromatic carbocycles. The lowest BCUT2D eigenvalue weighted by atomic mass is 10.0. The maximum Gasteiger partial charge on any atom is 0.00398 e. The Morgan fingerprint density at radius 2 is 1.73 bits per heavy atom. The molecule has 0 amide bonds. The zero-order valence-corrected chi connectivity index (χ0v) is 7.42. The first kappa shape index (κ1) is 10.9. The molecule has 6 N–H and O–H groups in total.